The molecule has 150 valence electrons. The minimum atomic E-state index is 0. The normalized spacial score (nSPS) is 28.3. The minimum absolute atomic E-state index is 0. The van der Waals surface area contributed by atoms with Crippen molar-refractivity contribution in [3.8, 4) is 0 Å². The van der Waals surface area contributed by atoms with Crippen molar-refractivity contribution in [3.63, 3.8) is 0 Å². The van der Waals surface area contributed by atoms with Crippen LogP contribution < -0.4 is 0 Å². The fraction of sp³-hybridized carbons (Fsp3) is 0.455. The Labute approximate surface area is 195 Å². The first kappa shape index (κ1) is 31.4. The van der Waals surface area contributed by atoms with Gasteiger partial charge in [0.1, 0.15) is 0 Å². The van der Waals surface area contributed by atoms with Crippen LogP contribution in [0.25, 0.3) is 0 Å². The summed E-state index contributed by atoms with van der Waals surface area (Å²) in [6.45, 7) is 4.61. The molecular formula is C22H36Cl2GeZr-4. The zero-order valence-electron chi connectivity index (χ0n) is 16.8. The van der Waals surface area contributed by atoms with Crippen molar-refractivity contribution in [1.82, 2.24) is 0 Å². The topological polar surface area (TPSA) is 0 Å². The summed E-state index contributed by atoms with van der Waals surface area (Å²) in [5.41, 5.74) is 3.16. The van der Waals surface area contributed by atoms with Gasteiger partial charge >= 0.3 is 33.7 Å². The second kappa shape index (κ2) is 16.6. The standard InChI is InChI=1S/2C10H13.2CH3.2ClH.GeH2.Zr/c2*1-8-6-9-4-2-3-5-10(9)7-8;;;;;;/h2*2-4,6,8,10H,5,7H2,1H3;2*1H3;2*1H;1H2;/q4*-1;;;;. The molecule has 0 amide bonds. The molecule has 0 heterocycles. The van der Waals surface area contributed by atoms with E-state index in [-0.39, 0.29) is 39.7 Å². The molecule has 0 aromatic heterocycles. The number of rotatable bonds is 0. The third-order valence-electron chi connectivity index (χ3n) is 4.90. The Morgan fingerprint density at radius 2 is 1.15 bits per heavy atom. The molecule has 0 aliphatic heterocycles. The van der Waals surface area contributed by atoms with Crippen LogP contribution in [0.2, 0.25) is 0 Å². The van der Waals surface area contributed by atoms with Crippen LogP contribution in [-0.4, -0.2) is 12.1 Å². The number of fused-ring (bicyclic) bond motifs is 2. The van der Waals surface area contributed by atoms with E-state index in [0.29, 0.717) is 0 Å². The van der Waals surface area contributed by atoms with Gasteiger partial charge < -0.3 is 14.9 Å². The van der Waals surface area contributed by atoms with Gasteiger partial charge in [-0.15, -0.1) is 49.1 Å². The van der Waals surface area contributed by atoms with Crippen LogP contribution in [0.3, 0.4) is 0 Å². The Kier molecular flexibility index (Phi) is 20.1. The van der Waals surface area contributed by atoms with Crippen molar-refractivity contribution in [2.45, 2.75) is 39.5 Å². The zero-order chi connectivity index (χ0) is 15.9. The van der Waals surface area contributed by atoms with Gasteiger partial charge in [-0.05, 0) is 24.7 Å². The number of hydrogen-bond donors (Lipinski definition) is 0. The second-order valence-corrected chi connectivity index (χ2v) is 6.81. The van der Waals surface area contributed by atoms with Crippen LogP contribution in [0.5, 0.6) is 0 Å². The molecule has 4 heteroatoms. The van der Waals surface area contributed by atoms with Crippen LogP contribution >= 0.6 is 24.8 Å². The Hall–Kier alpha value is 0.706. The fourth-order valence-corrected chi connectivity index (χ4v) is 3.93. The molecular weight excluding hydrogens is 499 g/mol. The number of hydrogen-bond acceptors (Lipinski definition) is 0. The first-order valence-electron chi connectivity index (χ1n) is 8.51. The Balaban J connectivity index is -0.000000326. The molecule has 4 aliphatic rings. The van der Waals surface area contributed by atoms with Crippen molar-refractivity contribution in [1.29, 1.82) is 0 Å². The van der Waals surface area contributed by atoms with Crippen molar-refractivity contribution < 1.29 is 21.6 Å². The molecule has 0 saturated heterocycles. The predicted octanol–water partition coefficient (Wildman–Crippen LogP) is 6.29. The van der Waals surface area contributed by atoms with E-state index in [1.165, 1.54) is 37.8 Å². The van der Waals surface area contributed by atoms with Crippen LogP contribution in [-0.2, 0) is 21.6 Å². The van der Waals surface area contributed by atoms with E-state index >= 15 is 0 Å². The predicted molar refractivity (Wildman–Crippen MR) is 123 cm³/mol. The first-order chi connectivity index (χ1) is 10.7. The quantitative estimate of drug-likeness (QED) is 0.253. The first-order valence-corrected chi connectivity index (χ1v) is 19.0. The molecule has 4 aliphatic carbocycles. The maximum absolute atomic E-state index is 2.41. The van der Waals surface area contributed by atoms with Crippen molar-refractivity contribution >= 4 is 37.0 Å². The van der Waals surface area contributed by atoms with E-state index in [1.54, 1.807) is 32.7 Å². The van der Waals surface area contributed by atoms with Crippen LogP contribution in [0.15, 0.2) is 47.6 Å². The third-order valence-corrected chi connectivity index (χ3v) is 4.90. The van der Waals surface area contributed by atoms with Crippen LogP contribution in [0.1, 0.15) is 39.5 Å². The molecule has 0 N–H and O–H groups in total. The Bertz CT molecular complexity index is 452. The van der Waals surface area contributed by atoms with Gasteiger partial charge in [-0.25, -0.2) is 36.1 Å². The molecule has 0 radical (unpaired) electrons. The van der Waals surface area contributed by atoms with Crippen molar-refractivity contribution in [2.24, 2.45) is 23.7 Å². The molecule has 0 aromatic carbocycles. The third kappa shape index (κ3) is 9.27. The summed E-state index contributed by atoms with van der Waals surface area (Å²) >= 11 is 3.14. The van der Waals surface area contributed by atoms with E-state index < -0.39 is 0 Å². The molecule has 0 nitrogen and oxygen atoms in total. The number of allylic oxidation sites excluding steroid dienone is 8. The molecule has 4 atom stereocenters. The summed E-state index contributed by atoms with van der Waals surface area (Å²) in [6, 6.07) is 0. The van der Waals surface area contributed by atoms with Gasteiger partial charge in [-0.3, -0.25) is 0 Å². The summed E-state index contributed by atoms with van der Waals surface area (Å²) in [5.74, 6) is 3.35. The average molecular weight is 535 g/mol. The summed E-state index contributed by atoms with van der Waals surface area (Å²) in [6.07, 6.45) is 23.5. The second-order valence-electron chi connectivity index (χ2n) is 6.81. The summed E-state index contributed by atoms with van der Waals surface area (Å²) in [5, 5.41) is 0. The molecule has 0 spiro atoms. The Morgan fingerprint density at radius 3 is 1.46 bits per heavy atom. The zero-order valence-corrected chi connectivity index (χ0v) is 23.8. The summed E-state index contributed by atoms with van der Waals surface area (Å²) < 4.78 is 0. The van der Waals surface area contributed by atoms with E-state index in [0.717, 1.165) is 23.7 Å². The number of halogens is 2. The van der Waals surface area contributed by atoms with E-state index in [9.17, 15) is 0 Å². The molecule has 2 saturated carbocycles. The maximum atomic E-state index is 2.41. The van der Waals surface area contributed by atoms with Gasteiger partial charge in [0, 0.05) is 0 Å². The van der Waals surface area contributed by atoms with Gasteiger partial charge in [-0.2, -0.15) is 0 Å². The molecule has 2 fully saturated rings. The molecule has 4 unspecified atom stereocenters. The molecule has 0 aromatic rings. The summed E-state index contributed by atoms with van der Waals surface area (Å²) in [7, 11) is 0. The van der Waals surface area contributed by atoms with Gasteiger partial charge in [-0.1, -0.05) is 38.5 Å². The average Bonchev–Trinajstić information content (AvgIpc) is 3.10. The van der Waals surface area contributed by atoms with Crippen molar-refractivity contribution in [2.75, 3.05) is 0 Å². The SMILES string of the molecule is CC1[CH-]C2=CC=CCC2C1.CC1[CH-]C2=CC=CCC2C1.Cl.Cl.[CH3-].[CH3-].[GeH2]=[Zr]. The van der Waals surface area contributed by atoms with Gasteiger partial charge in [0.15, 0.2) is 0 Å². The molecule has 26 heavy (non-hydrogen) atoms. The monoisotopic (exact) mass is 534 g/mol. The van der Waals surface area contributed by atoms with E-state index in [1.807, 2.05) is 0 Å². The van der Waals surface area contributed by atoms with Gasteiger partial charge in [0.25, 0.3) is 0 Å². The van der Waals surface area contributed by atoms with E-state index in [2.05, 4.69) is 63.1 Å². The molecule has 0 bridgehead atoms. The molecule has 4 rings (SSSR count). The van der Waals surface area contributed by atoms with Crippen LogP contribution in [0, 0.1) is 51.4 Å². The fourth-order valence-electron chi connectivity index (χ4n) is 3.93. The van der Waals surface area contributed by atoms with E-state index in [4.69, 9.17) is 0 Å². The van der Waals surface area contributed by atoms with Crippen LogP contribution in [0.4, 0.5) is 0 Å². The summed E-state index contributed by atoms with van der Waals surface area (Å²) in [4.78, 5) is 0. The van der Waals surface area contributed by atoms with Gasteiger partial charge in [0.05, 0.1) is 0 Å². The van der Waals surface area contributed by atoms with Gasteiger partial charge in [0.2, 0.25) is 0 Å². The van der Waals surface area contributed by atoms with Crippen molar-refractivity contribution in [3.05, 3.63) is 75.3 Å². The Morgan fingerprint density at radius 1 is 0.808 bits per heavy atom.